The largest absolute Gasteiger partial charge is 0.491 e. The normalized spacial score (nSPS) is 19.0. The molecule has 2 heterocycles. The molecule has 29 heavy (non-hydrogen) atoms. The van der Waals surface area contributed by atoms with Gasteiger partial charge in [0.15, 0.2) is 5.82 Å². The van der Waals surface area contributed by atoms with Gasteiger partial charge in [-0.25, -0.2) is 14.4 Å². The molecular weight excluding hydrogens is 373 g/mol. The lowest BCUT2D eigenvalue weighted by Gasteiger charge is -2.30. The van der Waals surface area contributed by atoms with Gasteiger partial charge in [0.05, 0.1) is 17.5 Å². The molecule has 1 aliphatic rings. The van der Waals surface area contributed by atoms with Gasteiger partial charge >= 0.3 is 0 Å². The summed E-state index contributed by atoms with van der Waals surface area (Å²) in [5.74, 6) is 1.52. The van der Waals surface area contributed by atoms with E-state index in [1.807, 2.05) is 56.5 Å². The van der Waals surface area contributed by atoms with E-state index in [1.165, 1.54) is 0 Å². The third kappa shape index (κ3) is 5.55. The van der Waals surface area contributed by atoms with Crippen LogP contribution in [0.3, 0.4) is 0 Å². The fraction of sp³-hybridized carbons (Fsp3) is 0.524. The van der Waals surface area contributed by atoms with E-state index in [2.05, 4.69) is 19.8 Å². The van der Waals surface area contributed by atoms with Gasteiger partial charge in [-0.2, -0.15) is 0 Å². The summed E-state index contributed by atoms with van der Waals surface area (Å²) >= 11 is 0. The highest BCUT2D eigenvalue weighted by molar-refractivity contribution is 5.66. The molecular formula is C21H30FN5O2. The van der Waals surface area contributed by atoms with Crippen molar-refractivity contribution in [2.24, 2.45) is 0 Å². The summed E-state index contributed by atoms with van der Waals surface area (Å²) in [6.07, 6.45) is 4.04. The van der Waals surface area contributed by atoms with Crippen LogP contribution >= 0.6 is 0 Å². The number of rotatable bonds is 9. The molecule has 1 fully saturated rings. The summed E-state index contributed by atoms with van der Waals surface area (Å²) in [5, 5.41) is 11.1. The highest BCUT2D eigenvalue weighted by Gasteiger charge is 2.38. The van der Waals surface area contributed by atoms with Crippen molar-refractivity contribution in [3.63, 3.8) is 0 Å². The highest BCUT2D eigenvalue weighted by Crippen LogP contribution is 2.32. The summed E-state index contributed by atoms with van der Waals surface area (Å²) in [6.45, 7) is 2.16. The molecule has 0 spiro atoms. The predicted molar refractivity (Wildman–Crippen MR) is 112 cm³/mol. The second kappa shape index (κ2) is 9.37. The van der Waals surface area contributed by atoms with Crippen molar-refractivity contribution in [1.82, 2.24) is 14.9 Å². The van der Waals surface area contributed by atoms with Crippen molar-refractivity contribution >= 4 is 11.5 Å². The summed E-state index contributed by atoms with van der Waals surface area (Å²) in [5.41, 5.74) is 1.27. The quantitative estimate of drug-likeness (QED) is 0.687. The fourth-order valence-electron chi connectivity index (χ4n) is 3.79. The molecule has 1 aromatic heterocycles. The maximum atomic E-state index is 12.2. The number of aliphatic hydroxyl groups is 1. The Morgan fingerprint density at radius 1 is 1.24 bits per heavy atom. The van der Waals surface area contributed by atoms with E-state index < -0.39 is 12.3 Å². The van der Waals surface area contributed by atoms with Crippen LogP contribution in [0.5, 0.6) is 5.75 Å². The minimum absolute atomic E-state index is 0.0742. The molecule has 1 aliphatic heterocycles. The van der Waals surface area contributed by atoms with Crippen molar-refractivity contribution < 1.29 is 14.2 Å². The first-order chi connectivity index (χ1) is 13.9. The Morgan fingerprint density at radius 3 is 2.69 bits per heavy atom. The maximum absolute atomic E-state index is 12.2. The molecule has 3 rings (SSSR count). The Bertz CT molecular complexity index is 789. The average molecular weight is 404 g/mol. The fourth-order valence-corrected chi connectivity index (χ4v) is 3.79. The van der Waals surface area contributed by atoms with E-state index in [-0.39, 0.29) is 6.61 Å². The Labute approximate surface area is 171 Å². The number of nitrogens with zero attached hydrogens (tertiary/aromatic N) is 5. The smallest absolute Gasteiger partial charge is 0.155 e. The van der Waals surface area contributed by atoms with Gasteiger partial charge in [-0.05, 0) is 31.2 Å². The summed E-state index contributed by atoms with van der Waals surface area (Å²) in [4.78, 5) is 14.8. The minimum Gasteiger partial charge on any atom is -0.491 e. The molecule has 7 nitrogen and oxygen atoms in total. The highest BCUT2D eigenvalue weighted by atomic mass is 19.1. The van der Waals surface area contributed by atoms with Gasteiger partial charge in [0.25, 0.3) is 0 Å². The average Bonchev–Trinajstić information content (AvgIpc) is 3.08. The minimum atomic E-state index is -0.793. The van der Waals surface area contributed by atoms with Crippen LogP contribution < -0.4 is 14.5 Å². The van der Waals surface area contributed by atoms with E-state index in [0.717, 1.165) is 23.6 Å². The van der Waals surface area contributed by atoms with Crippen molar-refractivity contribution in [2.45, 2.75) is 18.6 Å². The summed E-state index contributed by atoms with van der Waals surface area (Å²) in [6, 6.07) is 7.64. The van der Waals surface area contributed by atoms with Gasteiger partial charge in [0.1, 0.15) is 25.4 Å². The van der Waals surface area contributed by atoms with Crippen molar-refractivity contribution in [2.75, 3.05) is 63.9 Å². The number of anilines is 2. The Hall–Kier alpha value is -2.45. The summed E-state index contributed by atoms with van der Waals surface area (Å²) in [7, 11) is 5.91. The van der Waals surface area contributed by atoms with E-state index in [9.17, 15) is 9.50 Å². The van der Waals surface area contributed by atoms with E-state index >= 15 is 0 Å². The van der Waals surface area contributed by atoms with E-state index in [4.69, 9.17) is 4.74 Å². The number of benzene rings is 1. The number of hydrogen-bond donors (Lipinski definition) is 1. The number of likely N-dealkylation sites (N-methyl/N-ethyl adjacent to an activating group) is 1. The van der Waals surface area contributed by atoms with E-state index in [0.29, 0.717) is 31.8 Å². The standard InChI is InChI=1S/C21H30FN5O2/c1-25(2)20-19(12-23-16-24-20)27-10-8-21(28,15-27)14-26(3)13-17-4-6-18(7-5-17)29-11-9-22/h4-7,12,16,28H,8-11,13-15H2,1-3H3/t21-/m1/s1. The number of ether oxygens (including phenoxy) is 1. The number of β-amino-alcohol motifs (C(OH)–C–C–N with tert-alkyl or cyclic N) is 1. The molecule has 0 bridgehead atoms. The Kier molecular flexibility index (Phi) is 6.87. The van der Waals surface area contributed by atoms with Gasteiger partial charge in [0, 0.05) is 40.3 Å². The molecule has 1 atom stereocenters. The molecule has 0 aliphatic carbocycles. The molecule has 1 N–H and O–H groups in total. The lowest BCUT2D eigenvalue weighted by atomic mass is 10.0. The molecule has 0 radical (unpaired) electrons. The van der Waals surface area contributed by atoms with Gasteiger partial charge < -0.3 is 19.6 Å². The van der Waals surface area contributed by atoms with Crippen molar-refractivity contribution in [1.29, 1.82) is 0 Å². The van der Waals surface area contributed by atoms with Gasteiger partial charge in [-0.3, -0.25) is 4.90 Å². The van der Waals surface area contributed by atoms with Crippen LogP contribution in [-0.4, -0.2) is 79.6 Å². The van der Waals surface area contributed by atoms with Crippen LogP contribution in [0.15, 0.2) is 36.8 Å². The second-order valence-corrected chi connectivity index (χ2v) is 7.88. The van der Waals surface area contributed by atoms with Gasteiger partial charge in [-0.15, -0.1) is 0 Å². The van der Waals surface area contributed by atoms with Crippen molar-refractivity contribution in [3.8, 4) is 5.75 Å². The first-order valence-electron chi connectivity index (χ1n) is 9.81. The van der Waals surface area contributed by atoms with Gasteiger partial charge in [-0.1, -0.05) is 12.1 Å². The molecule has 1 saturated heterocycles. The van der Waals surface area contributed by atoms with Crippen LogP contribution in [0.1, 0.15) is 12.0 Å². The number of hydrogen-bond acceptors (Lipinski definition) is 7. The topological polar surface area (TPSA) is 65.0 Å². The van der Waals surface area contributed by atoms with E-state index in [1.54, 1.807) is 6.33 Å². The monoisotopic (exact) mass is 403 g/mol. The Balaban J connectivity index is 1.57. The van der Waals surface area contributed by atoms with Gasteiger partial charge in [0.2, 0.25) is 0 Å². The molecule has 0 amide bonds. The zero-order valence-electron chi connectivity index (χ0n) is 17.4. The predicted octanol–water partition coefficient (Wildman–Crippen LogP) is 1.96. The summed E-state index contributed by atoms with van der Waals surface area (Å²) < 4.78 is 17.5. The lowest BCUT2D eigenvalue weighted by Crippen LogP contribution is -2.43. The zero-order valence-corrected chi connectivity index (χ0v) is 17.4. The first-order valence-corrected chi connectivity index (χ1v) is 9.81. The third-order valence-electron chi connectivity index (χ3n) is 5.06. The van der Waals surface area contributed by atoms with Crippen LogP contribution in [0.25, 0.3) is 0 Å². The SMILES string of the molecule is CN(Cc1ccc(OCCF)cc1)C[C@]1(O)CCN(c2cncnc2N(C)C)C1. The van der Waals surface area contributed by atoms with Crippen LogP contribution in [0.2, 0.25) is 0 Å². The van der Waals surface area contributed by atoms with Crippen LogP contribution in [-0.2, 0) is 6.54 Å². The molecule has 0 saturated carbocycles. The lowest BCUT2D eigenvalue weighted by molar-refractivity contribution is 0.0280. The number of aromatic nitrogens is 2. The molecule has 0 unspecified atom stereocenters. The molecule has 8 heteroatoms. The number of halogens is 1. The first kappa shape index (κ1) is 21.3. The molecule has 2 aromatic rings. The van der Waals surface area contributed by atoms with Crippen LogP contribution in [0.4, 0.5) is 15.9 Å². The third-order valence-corrected chi connectivity index (χ3v) is 5.06. The zero-order chi connectivity index (χ0) is 20.9. The Morgan fingerprint density at radius 2 is 2.00 bits per heavy atom. The molecule has 1 aromatic carbocycles. The number of alkyl halides is 1. The van der Waals surface area contributed by atoms with Crippen LogP contribution in [0, 0.1) is 0 Å². The molecule has 158 valence electrons. The maximum Gasteiger partial charge on any atom is 0.155 e. The second-order valence-electron chi connectivity index (χ2n) is 7.88. The van der Waals surface area contributed by atoms with Crippen molar-refractivity contribution in [3.05, 3.63) is 42.4 Å².